The number of nitrogens with one attached hydrogen (secondary N) is 2. The van der Waals surface area contributed by atoms with E-state index in [4.69, 9.17) is 14.9 Å². The van der Waals surface area contributed by atoms with Crippen LogP contribution in [-0.2, 0) is 12.4 Å². The number of alkyl halides is 8. The van der Waals surface area contributed by atoms with E-state index in [0.717, 1.165) is 4.90 Å². The number of ether oxygens (including phenoxy) is 1. The second kappa shape index (κ2) is 13.8. The third-order valence-corrected chi connectivity index (χ3v) is 7.97. The Bertz CT molecular complexity index is 2370. The molecule has 6 aromatic rings. The van der Waals surface area contributed by atoms with E-state index in [1.54, 1.807) is 30.3 Å². The van der Waals surface area contributed by atoms with Gasteiger partial charge in [0.2, 0.25) is 5.91 Å². The second-order valence-electron chi connectivity index (χ2n) is 12.0. The highest BCUT2D eigenvalue weighted by Gasteiger charge is 2.45. The zero-order valence-corrected chi connectivity index (χ0v) is 27.4. The minimum atomic E-state index is -5.09. The molecule has 0 fully saturated rings. The molecule has 11 nitrogen and oxygen atoms in total. The van der Waals surface area contributed by atoms with Gasteiger partial charge in [-0.25, -0.2) is 13.6 Å². The van der Waals surface area contributed by atoms with Crippen LogP contribution >= 0.6 is 0 Å². The fourth-order valence-electron chi connectivity index (χ4n) is 5.73. The minimum absolute atomic E-state index is 0.0373. The van der Waals surface area contributed by atoms with Crippen molar-refractivity contribution in [3.05, 3.63) is 129 Å². The molecule has 280 valence electrons. The van der Waals surface area contributed by atoms with Crippen LogP contribution in [0.4, 0.5) is 35.1 Å². The van der Waals surface area contributed by atoms with Gasteiger partial charge in [0.15, 0.2) is 5.58 Å². The second-order valence-corrected chi connectivity index (χ2v) is 12.0. The number of H-pyrrole nitrogens is 2. The first-order chi connectivity index (χ1) is 25.3. The van der Waals surface area contributed by atoms with E-state index in [1.165, 1.54) is 36.7 Å². The Morgan fingerprint density at radius 1 is 0.889 bits per heavy atom. The number of aromatic amines is 2. The van der Waals surface area contributed by atoms with Gasteiger partial charge in [-0.15, -0.1) is 0 Å². The summed E-state index contributed by atoms with van der Waals surface area (Å²) >= 11 is 0. The SMILES string of the molecule is CC(F)(F)CN1C(=O)c2[nH]nc(-c3cccc4[nH]c(=O)oc34)c2C1c1ccc(Oc2cc(C(F)(F)F)cc(C(F)(F)F)c2)cc1.NC(=O)c1ccncc1. The van der Waals surface area contributed by atoms with Crippen LogP contribution in [-0.4, -0.2) is 49.3 Å². The molecule has 3 aromatic carbocycles. The number of halogens is 8. The number of primary amides is 1. The number of hydrogen-bond donors (Lipinski definition) is 3. The molecule has 1 aliphatic rings. The largest absolute Gasteiger partial charge is 0.457 e. The summed E-state index contributed by atoms with van der Waals surface area (Å²) < 4.78 is 119. The number of amides is 2. The Kier molecular flexibility index (Phi) is 9.51. The number of nitrogens with two attached hydrogens (primary N) is 1. The average Bonchev–Trinajstić information content (AvgIpc) is 3.77. The Balaban J connectivity index is 0.000000485. The van der Waals surface area contributed by atoms with Crippen LogP contribution in [0.2, 0.25) is 0 Å². The van der Waals surface area contributed by atoms with Crippen molar-refractivity contribution in [3.63, 3.8) is 0 Å². The minimum Gasteiger partial charge on any atom is -0.457 e. The number of benzene rings is 3. The van der Waals surface area contributed by atoms with E-state index in [0.29, 0.717) is 30.1 Å². The lowest BCUT2D eigenvalue weighted by molar-refractivity contribution is -0.143. The predicted molar refractivity (Wildman–Crippen MR) is 174 cm³/mol. The van der Waals surface area contributed by atoms with Crippen molar-refractivity contribution >= 4 is 22.9 Å². The molecule has 19 heteroatoms. The summed E-state index contributed by atoms with van der Waals surface area (Å²) in [5.41, 5.74) is 3.44. The number of aromatic nitrogens is 4. The summed E-state index contributed by atoms with van der Waals surface area (Å²) in [6.45, 7) is -0.385. The molecule has 0 bridgehead atoms. The molecule has 0 saturated carbocycles. The molecule has 1 unspecified atom stereocenters. The zero-order valence-electron chi connectivity index (χ0n) is 27.4. The topological polar surface area (TPSA) is 160 Å². The highest BCUT2D eigenvalue weighted by molar-refractivity contribution is 6.02. The first-order valence-electron chi connectivity index (χ1n) is 15.5. The number of carbonyl (C=O) groups excluding carboxylic acids is 2. The summed E-state index contributed by atoms with van der Waals surface area (Å²) in [5, 5.41) is 6.79. The molecule has 0 saturated heterocycles. The maximum Gasteiger partial charge on any atom is 0.417 e. The van der Waals surface area contributed by atoms with Gasteiger partial charge < -0.3 is 19.8 Å². The van der Waals surface area contributed by atoms with Crippen molar-refractivity contribution in [1.82, 2.24) is 25.1 Å². The van der Waals surface area contributed by atoms with Crippen molar-refractivity contribution in [3.8, 4) is 22.8 Å². The summed E-state index contributed by atoms with van der Waals surface area (Å²) in [6.07, 6.45) is -7.12. The van der Waals surface area contributed by atoms with Gasteiger partial charge in [0.05, 0.1) is 29.2 Å². The fourth-order valence-corrected chi connectivity index (χ4v) is 5.73. The number of rotatable bonds is 7. The molecular formula is C35H24F8N6O5. The predicted octanol–water partition coefficient (Wildman–Crippen LogP) is 7.72. The molecule has 7 rings (SSSR count). The number of fused-ring (bicyclic) bond motifs is 2. The lowest BCUT2D eigenvalue weighted by Crippen LogP contribution is -2.38. The Morgan fingerprint density at radius 3 is 2.07 bits per heavy atom. The van der Waals surface area contributed by atoms with Crippen molar-refractivity contribution in [1.29, 1.82) is 0 Å². The third-order valence-electron chi connectivity index (χ3n) is 7.97. The number of pyridine rings is 1. The molecule has 0 spiro atoms. The van der Waals surface area contributed by atoms with Crippen LogP contribution in [0, 0.1) is 0 Å². The average molecular weight is 761 g/mol. The lowest BCUT2D eigenvalue weighted by atomic mass is 9.95. The van der Waals surface area contributed by atoms with Crippen molar-refractivity contribution < 1.29 is 53.9 Å². The van der Waals surface area contributed by atoms with Crippen LogP contribution in [0.15, 0.2) is 94.4 Å². The molecule has 1 atom stereocenters. The Hall–Kier alpha value is -6.53. The molecule has 54 heavy (non-hydrogen) atoms. The van der Waals surface area contributed by atoms with Crippen molar-refractivity contribution in [2.45, 2.75) is 31.2 Å². The molecule has 0 aliphatic carbocycles. The van der Waals surface area contributed by atoms with Crippen LogP contribution in [0.3, 0.4) is 0 Å². The summed E-state index contributed by atoms with van der Waals surface area (Å²) in [4.78, 5) is 42.7. The van der Waals surface area contributed by atoms with Gasteiger partial charge in [-0.1, -0.05) is 18.2 Å². The van der Waals surface area contributed by atoms with Crippen molar-refractivity contribution in [2.24, 2.45) is 5.73 Å². The van der Waals surface area contributed by atoms with Crippen LogP contribution < -0.4 is 16.2 Å². The van der Waals surface area contributed by atoms with E-state index in [-0.39, 0.29) is 45.5 Å². The van der Waals surface area contributed by atoms with Gasteiger partial charge in [-0.05, 0) is 60.2 Å². The summed E-state index contributed by atoms with van der Waals surface area (Å²) in [5.74, 6) is -6.23. The van der Waals surface area contributed by atoms with Crippen molar-refractivity contribution in [2.75, 3.05) is 6.54 Å². The molecule has 0 radical (unpaired) electrons. The molecular weight excluding hydrogens is 736 g/mol. The van der Waals surface area contributed by atoms with Gasteiger partial charge in [0.25, 0.3) is 11.8 Å². The molecule has 3 aromatic heterocycles. The first kappa shape index (κ1) is 37.2. The van der Waals surface area contributed by atoms with Crippen LogP contribution in [0.1, 0.15) is 56.1 Å². The van der Waals surface area contributed by atoms with E-state index >= 15 is 0 Å². The Labute approximate surface area is 297 Å². The van der Waals surface area contributed by atoms with Gasteiger partial charge in [-0.2, -0.15) is 31.4 Å². The highest BCUT2D eigenvalue weighted by Crippen LogP contribution is 2.45. The van der Waals surface area contributed by atoms with Gasteiger partial charge >= 0.3 is 18.1 Å². The maximum atomic E-state index is 14.3. The monoisotopic (exact) mass is 760 g/mol. The normalized spacial score (nSPS) is 14.5. The van der Waals surface area contributed by atoms with Gasteiger partial charge in [-0.3, -0.25) is 24.7 Å². The van der Waals surface area contributed by atoms with E-state index in [2.05, 4.69) is 20.2 Å². The molecule has 2 amide bonds. The van der Waals surface area contributed by atoms with E-state index < -0.39 is 65.3 Å². The maximum absolute atomic E-state index is 14.3. The van der Waals surface area contributed by atoms with Crippen LogP contribution in [0.25, 0.3) is 22.4 Å². The van der Waals surface area contributed by atoms with Gasteiger partial charge in [0.1, 0.15) is 22.9 Å². The van der Waals surface area contributed by atoms with E-state index in [1.807, 2.05) is 0 Å². The lowest BCUT2D eigenvalue weighted by Gasteiger charge is -2.28. The molecule has 1 aliphatic heterocycles. The fraction of sp³-hybridized carbons (Fsp3) is 0.171. The first-order valence-corrected chi connectivity index (χ1v) is 15.5. The van der Waals surface area contributed by atoms with Crippen LogP contribution in [0.5, 0.6) is 11.5 Å². The molecule has 4 N–H and O–H groups in total. The number of para-hydroxylation sites is 1. The number of carbonyl (C=O) groups is 2. The quantitative estimate of drug-likeness (QED) is 0.141. The standard InChI is InChI=1S/C29H18F8N4O4.C6H6N2O/c1-27(30,31)12-41-23(20-21(39-40-22(20)25(41)42)18-3-2-4-19-24(18)45-26(43)38-19)13-5-7-16(8-6-13)44-17-10-14(28(32,33)34)9-15(11-17)29(35,36)37;7-6(9)5-1-3-8-4-2-5/h2-11,23H,12H2,1H3,(H,38,43)(H,39,40);1-4H,(H2,7,9). The third kappa shape index (κ3) is 7.79. The number of nitrogens with zero attached hydrogens (tertiary/aromatic N) is 3. The molecule has 4 heterocycles. The smallest absolute Gasteiger partial charge is 0.417 e. The number of oxazole rings is 1. The summed E-state index contributed by atoms with van der Waals surface area (Å²) in [7, 11) is 0. The Morgan fingerprint density at radius 2 is 1.52 bits per heavy atom. The zero-order chi connectivity index (χ0) is 39.2. The summed E-state index contributed by atoms with van der Waals surface area (Å²) in [6, 6.07) is 12.5. The van der Waals surface area contributed by atoms with Gasteiger partial charge in [0, 0.05) is 36.0 Å². The van der Waals surface area contributed by atoms with E-state index in [9.17, 15) is 49.5 Å². The number of hydrogen-bond acceptors (Lipinski definition) is 7. The highest BCUT2D eigenvalue weighted by atomic mass is 19.4.